The van der Waals surface area contributed by atoms with E-state index in [0.717, 1.165) is 11.1 Å². The molecule has 0 fully saturated rings. The Morgan fingerprint density at radius 1 is 1.38 bits per heavy atom. The molecule has 0 spiro atoms. The van der Waals surface area contributed by atoms with E-state index in [1.807, 2.05) is 0 Å². The van der Waals surface area contributed by atoms with Crippen LogP contribution in [0.4, 0.5) is 0 Å². The minimum absolute atomic E-state index is 0.375. The van der Waals surface area contributed by atoms with Gasteiger partial charge in [-0.1, -0.05) is 23.2 Å². The average molecular weight is 218 g/mol. The fourth-order valence-electron chi connectivity index (χ4n) is 1.72. The third-order valence-corrected chi connectivity index (χ3v) is 2.89. The van der Waals surface area contributed by atoms with Crippen molar-refractivity contribution >= 4 is 23.2 Å². The van der Waals surface area contributed by atoms with Crippen molar-refractivity contribution in [2.24, 2.45) is 5.73 Å². The molecule has 1 aromatic carbocycles. The normalized spacial score (nSPS) is 26.2. The Balaban J connectivity index is 2.57. The molecular formula is C9H9Cl2NO. The fourth-order valence-corrected chi connectivity index (χ4v) is 2.39. The summed E-state index contributed by atoms with van der Waals surface area (Å²) < 4.78 is 0. The van der Waals surface area contributed by atoms with Gasteiger partial charge < -0.3 is 10.8 Å². The molecule has 0 amide bonds. The van der Waals surface area contributed by atoms with Gasteiger partial charge in [0.05, 0.1) is 12.1 Å². The van der Waals surface area contributed by atoms with E-state index in [-0.39, 0.29) is 6.04 Å². The summed E-state index contributed by atoms with van der Waals surface area (Å²) in [4.78, 5) is 0. The number of halogens is 2. The number of aliphatic hydroxyl groups is 1. The zero-order valence-corrected chi connectivity index (χ0v) is 8.31. The Morgan fingerprint density at radius 3 is 2.77 bits per heavy atom. The molecular weight excluding hydrogens is 209 g/mol. The van der Waals surface area contributed by atoms with E-state index in [1.54, 1.807) is 12.1 Å². The molecule has 1 aliphatic rings. The number of hydrogen-bond acceptors (Lipinski definition) is 2. The van der Waals surface area contributed by atoms with Crippen LogP contribution in [0.1, 0.15) is 17.2 Å². The Hall–Kier alpha value is -0.280. The zero-order chi connectivity index (χ0) is 9.59. The molecule has 0 saturated heterocycles. The summed E-state index contributed by atoms with van der Waals surface area (Å²) in [6.45, 7) is 0. The maximum absolute atomic E-state index is 9.51. The Labute approximate surface area is 86.3 Å². The van der Waals surface area contributed by atoms with E-state index >= 15 is 0 Å². The van der Waals surface area contributed by atoms with Gasteiger partial charge >= 0.3 is 0 Å². The predicted octanol–water partition coefficient (Wildman–Crippen LogP) is 1.91. The van der Waals surface area contributed by atoms with E-state index in [4.69, 9.17) is 28.9 Å². The van der Waals surface area contributed by atoms with Crippen LogP contribution >= 0.6 is 23.2 Å². The van der Waals surface area contributed by atoms with E-state index in [2.05, 4.69) is 0 Å². The first kappa shape index (κ1) is 9.28. The summed E-state index contributed by atoms with van der Waals surface area (Å²) in [6.07, 6.45) is 0.00233. The van der Waals surface area contributed by atoms with Crippen molar-refractivity contribution in [1.29, 1.82) is 0 Å². The molecule has 1 aliphatic carbocycles. The number of benzene rings is 1. The lowest BCUT2D eigenvalue weighted by molar-refractivity contribution is 0.158. The van der Waals surface area contributed by atoms with Crippen molar-refractivity contribution < 1.29 is 5.11 Å². The molecule has 2 rings (SSSR count). The van der Waals surface area contributed by atoms with Crippen LogP contribution in [0, 0.1) is 0 Å². The minimum atomic E-state index is -0.536. The molecule has 3 N–H and O–H groups in total. The SMILES string of the molecule is N[C@H]1c2c(Cl)cc(Cl)cc2C[C@@H]1O. The van der Waals surface area contributed by atoms with Gasteiger partial charge in [-0.2, -0.15) is 0 Å². The molecule has 0 aliphatic heterocycles. The Bertz CT molecular complexity index is 354. The number of rotatable bonds is 0. The van der Waals surface area contributed by atoms with Gasteiger partial charge in [0.2, 0.25) is 0 Å². The van der Waals surface area contributed by atoms with Crippen molar-refractivity contribution in [2.75, 3.05) is 0 Å². The molecule has 0 aromatic heterocycles. The number of hydrogen-bond donors (Lipinski definition) is 2. The number of aliphatic hydroxyl groups excluding tert-OH is 1. The van der Waals surface area contributed by atoms with Crippen molar-refractivity contribution in [3.8, 4) is 0 Å². The molecule has 0 heterocycles. The summed E-state index contributed by atoms with van der Waals surface area (Å²) in [5, 5.41) is 10.6. The molecule has 1 aromatic rings. The Kier molecular flexibility index (Phi) is 2.24. The van der Waals surface area contributed by atoms with Crippen LogP contribution in [0.5, 0.6) is 0 Å². The smallest absolute Gasteiger partial charge is 0.0773 e. The highest BCUT2D eigenvalue weighted by Crippen LogP contribution is 2.37. The molecule has 70 valence electrons. The highest BCUT2D eigenvalue weighted by atomic mass is 35.5. The van der Waals surface area contributed by atoms with Crippen LogP contribution in [0.3, 0.4) is 0 Å². The third kappa shape index (κ3) is 1.44. The average Bonchev–Trinajstić information content (AvgIpc) is 2.27. The van der Waals surface area contributed by atoms with Crippen LogP contribution in [-0.2, 0) is 6.42 Å². The predicted molar refractivity (Wildman–Crippen MR) is 53.1 cm³/mol. The second kappa shape index (κ2) is 3.14. The van der Waals surface area contributed by atoms with Crippen LogP contribution < -0.4 is 5.73 Å². The summed E-state index contributed by atoms with van der Waals surface area (Å²) >= 11 is 11.8. The second-order valence-electron chi connectivity index (χ2n) is 3.26. The van der Waals surface area contributed by atoms with Crippen molar-refractivity contribution in [2.45, 2.75) is 18.6 Å². The van der Waals surface area contributed by atoms with Gasteiger partial charge in [-0.15, -0.1) is 0 Å². The fraction of sp³-hybridized carbons (Fsp3) is 0.333. The third-order valence-electron chi connectivity index (χ3n) is 2.36. The summed E-state index contributed by atoms with van der Waals surface area (Å²) in [7, 11) is 0. The van der Waals surface area contributed by atoms with Crippen molar-refractivity contribution in [1.82, 2.24) is 0 Å². The van der Waals surface area contributed by atoms with Gasteiger partial charge in [-0.3, -0.25) is 0 Å². The number of fused-ring (bicyclic) bond motifs is 1. The maximum Gasteiger partial charge on any atom is 0.0773 e. The Morgan fingerprint density at radius 2 is 2.08 bits per heavy atom. The van der Waals surface area contributed by atoms with Gasteiger partial charge in [0, 0.05) is 16.5 Å². The van der Waals surface area contributed by atoms with Gasteiger partial charge in [0.15, 0.2) is 0 Å². The van der Waals surface area contributed by atoms with Crippen LogP contribution in [0.15, 0.2) is 12.1 Å². The van der Waals surface area contributed by atoms with Crippen LogP contribution in [-0.4, -0.2) is 11.2 Å². The lowest BCUT2D eigenvalue weighted by Crippen LogP contribution is -2.21. The molecule has 2 nitrogen and oxygen atoms in total. The molecule has 4 heteroatoms. The maximum atomic E-state index is 9.51. The standard InChI is InChI=1S/C9H9Cl2NO/c10-5-1-4-2-7(13)9(12)8(4)6(11)3-5/h1,3,7,9,13H,2,12H2/t7-,9+/m0/s1. The van der Waals surface area contributed by atoms with E-state index in [1.165, 1.54) is 0 Å². The van der Waals surface area contributed by atoms with Crippen molar-refractivity contribution in [3.05, 3.63) is 33.3 Å². The summed E-state index contributed by atoms with van der Waals surface area (Å²) in [5.74, 6) is 0. The highest BCUT2D eigenvalue weighted by molar-refractivity contribution is 6.35. The first-order chi connectivity index (χ1) is 6.09. The highest BCUT2D eigenvalue weighted by Gasteiger charge is 2.30. The van der Waals surface area contributed by atoms with E-state index in [0.29, 0.717) is 16.5 Å². The molecule has 0 radical (unpaired) electrons. The topological polar surface area (TPSA) is 46.2 Å². The quantitative estimate of drug-likeness (QED) is 0.698. The van der Waals surface area contributed by atoms with Gasteiger partial charge in [0.1, 0.15) is 0 Å². The number of nitrogens with two attached hydrogens (primary N) is 1. The molecule has 13 heavy (non-hydrogen) atoms. The minimum Gasteiger partial charge on any atom is -0.391 e. The molecule has 0 unspecified atom stereocenters. The van der Waals surface area contributed by atoms with Crippen molar-refractivity contribution in [3.63, 3.8) is 0 Å². The monoisotopic (exact) mass is 217 g/mol. The van der Waals surface area contributed by atoms with Gasteiger partial charge in [-0.25, -0.2) is 0 Å². The lowest BCUT2D eigenvalue weighted by Gasteiger charge is -2.10. The molecule has 2 atom stereocenters. The van der Waals surface area contributed by atoms with Crippen LogP contribution in [0.2, 0.25) is 10.0 Å². The van der Waals surface area contributed by atoms with Gasteiger partial charge in [0.25, 0.3) is 0 Å². The first-order valence-corrected chi connectivity index (χ1v) is 4.76. The van der Waals surface area contributed by atoms with Gasteiger partial charge in [-0.05, 0) is 23.3 Å². The zero-order valence-electron chi connectivity index (χ0n) is 6.80. The summed E-state index contributed by atoms with van der Waals surface area (Å²) in [5.41, 5.74) is 7.55. The van der Waals surface area contributed by atoms with E-state index in [9.17, 15) is 5.11 Å². The molecule has 0 saturated carbocycles. The summed E-state index contributed by atoms with van der Waals surface area (Å²) in [6, 6.07) is 3.08. The van der Waals surface area contributed by atoms with E-state index < -0.39 is 6.10 Å². The van der Waals surface area contributed by atoms with Crippen LogP contribution in [0.25, 0.3) is 0 Å². The first-order valence-electron chi connectivity index (χ1n) is 4.01. The second-order valence-corrected chi connectivity index (χ2v) is 4.10. The lowest BCUT2D eigenvalue weighted by atomic mass is 10.1. The largest absolute Gasteiger partial charge is 0.391 e. The molecule has 0 bridgehead atoms.